The summed E-state index contributed by atoms with van der Waals surface area (Å²) in [5.41, 5.74) is 1.19. The van der Waals surface area contributed by atoms with Gasteiger partial charge in [0.25, 0.3) is 0 Å². The Kier molecular flexibility index (Phi) is 5.33. The van der Waals surface area contributed by atoms with Gasteiger partial charge in [-0.3, -0.25) is 9.78 Å². The Hall–Kier alpha value is -1.42. The predicted molar refractivity (Wildman–Crippen MR) is 75.8 cm³/mol. The third-order valence-electron chi connectivity index (χ3n) is 3.84. The molecule has 19 heavy (non-hydrogen) atoms. The van der Waals surface area contributed by atoms with Crippen LogP contribution in [0.2, 0.25) is 0 Å². The fraction of sp³-hybridized carbons (Fsp3) is 0.600. The second kappa shape index (κ2) is 7.24. The Balaban J connectivity index is 1.73. The standard InChI is InChI=1S/C15H23N3O/c1-16-12-14-6-10-18(11-7-14)15(19)3-2-13-4-8-17-9-5-13/h4-5,8-9,14,16H,2-3,6-7,10-12H2,1H3. The van der Waals surface area contributed by atoms with Gasteiger partial charge in [0.2, 0.25) is 5.91 Å². The molecule has 0 atom stereocenters. The lowest BCUT2D eigenvalue weighted by molar-refractivity contribution is -0.132. The van der Waals surface area contributed by atoms with Gasteiger partial charge in [0.05, 0.1) is 0 Å². The molecule has 4 nitrogen and oxygen atoms in total. The quantitative estimate of drug-likeness (QED) is 0.873. The first-order valence-corrected chi connectivity index (χ1v) is 7.11. The molecule has 104 valence electrons. The van der Waals surface area contributed by atoms with E-state index < -0.39 is 0 Å². The molecule has 1 fully saturated rings. The molecule has 1 aliphatic heterocycles. The number of nitrogens with zero attached hydrogens (tertiary/aromatic N) is 2. The number of likely N-dealkylation sites (tertiary alicyclic amines) is 1. The van der Waals surface area contributed by atoms with Gasteiger partial charge >= 0.3 is 0 Å². The zero-order chi connectivity index (χ0) is 13.5. The van der Waals surface area contributed by atoms with Gasteiger partial charge in [-0.2, -0.15) is 0 Å². The molecule has 1 aliphatic rings. The van der Waals surface area contributed by atoms with Crippen LogP contribution in [-0.2, 0) is 11.2 Å². The average molecular weight is 261 g/mol. The number of amides is 1. The van der Waals surface area contributed by atoms with E-state index in [2.05, 4.69) is 10.3 Å². The van der Waals surface area contributed by atoms with E-state index in [0.29, 0.717) is 12.3 Å². The van der Waals surface area contributed by atoms with E-state index in [0.717, 1.165) is 44.8 Å². The van der Waals surface area contributed by atoms with Crippen LogP contribution in [0.4, 0.5) is 0 Å². The highest BCUT2D eigenvalue weighted by atomic mass is 16.2. The minimum absolute atomic E-state index is 0.291. The van der Waals surface area contributed by atoms with Crippen molar-refractivity contribution < 1.29 is 4.79 Å². The first-order chi connectivity index (χ1) is 9.29. The van der Waals surface area contributed by atoms with Crippen molar-refractivity contribution >= 4 is 5.91 Å². The van der Waals surface area contributed by atoms with Crippen LogP contribution in [0.25, 0.3) is 0 Å². The first kappa shape index (κ1) is 14.0. The summed E-state index contributed by atoms with van der Waals surface area (Å²) in [7, 11) is 1.99. The average Bonchev–Trinajstić information content (AvgIpc) is 2.47. The molecule has 4 heteroatoms. The number of aromatic nitrogens is 1. The van der Waals surface area contributed by atoms with Crippen LogP contribution in [0.3, 0.4) is 0 Å². The van der Waals surface area contributed by atoms with Gasteiger partial charge in [0.15, 0.2) is 0 Å². The van der Waals surface area contributed by atoms with E-state index >= 15 is 0 Å². The highest BCUT2D eigenvalue weighted by Gasteiger charge is 2.21. The smallest absolute Gasteiger partial charge is 0.222 e. The molecule has 1 saturated heterocycles. The van der Waals surface area contributed by atoms with E-state index in [1.165, 1.54) is 5.56 Å². The Morgan fingerprint density at radius 1 is 1.37 bits per heavy atom. The lowest BCUT2D eigenvalue weighted by Gasteiger charge is -2.32. The molecule has 1 aromatic rings. The van der Waals surface area contributed by atoms with E-state index in [4.69, 9.17) is 0 Å². The molecule has 1 amide bonds. The van der Waals surface area contributed by atoms with E-state index in [1.807, 2.05) is 24.1 Å². The predicted octanol–water partition coefficient (Wildman–Crippen LogP) is 1.47. The van der Waals surface area contributed by atoms with Gasteiger partial charge < -0.3 is 10.2 Å². The van der Waals surface area contributed by atoms with Crippen LogP contribution >= 0.6 is 0 Å². The molecule has 0 bridgehead atoms. The zero-order valence-corrected chi connectivity index (χ0v) is 11.6. The molecule has 2 heterocycles. The second-order valence-electron chi connectivity index (χ2n) is 5.24. The summed E-state index contributed by atoms with van der Waals surface area (Å²) in [6, 6.07) is 3.96. The largest absolute Gasteiger partial charge is 0.343 e. The molecule has 0 saturated carbocycles. The van der Waals surface area contributed by atoms with Crippen molar-refractivity contribution in [1.82, 2.24) is 15.2 Å². The molecular weight excluding hydrogens is 238 g/mol. The summed E-state index contributed by atoms with van der Waals surface area (Å²) in [6.07, 6.45) is 7.24. The fourth-order valence-electron chi connectivity index (χ4n) is 2.63. The molecule has 0 aromatic carbocycles. The lowest BCUT2D eigenvalue weighted by Crippen LogP contribution is -2.40. The number of carbonyl (C=O) groups excluding carboxylic acids is 1. The van der Waals surface area contributed by atoms with Crippen LogP contribution in [0, 0.1) is 5.92 Å². The van der Waals surface area contributed by atoms with Crippen LogP contribution in [0.15, 0.2) is 24.5 Å². The zero-order valence-electron chi connectivity index (χ0n) is 11.6. The number of piperidine rings is 1. The fourth-order valence-corrected chi connectivity index (χ4v) is 2.63. The number of aryl methyl sites for hydroxylation is 1. The molecule has 2 rings (SSSR count). The SMILES string of the molecule is CNCC1CCN(C(=O)CCc2ccncc2)CC1. The molecule has 1 aromatic heterocycles. The van der Waals surface area contributed by atoms with Crippen molar-refractivity contribution in [3.63, 3.8) is 0 Å². The van der Waals surface area contributed by atoms with Crippen molar-refractivity contribution in [1.29, 1.82) is 0 Å². The summed E-state index contributed by atoms with van der Waals surface area (Å²) in [4.78, 5) is 18.1. The van der Waals surface area contributed by atoms with Crippen LogP contribution < -0.4 is 5.32 Å². The minimum atomic E-state index is 0.291. The third-order valence-corrected chi connectivity index (χ3v) is 3.84. The molecule has 0 radical (unpaired) electrons. The number of carbonyl (C=O) groups is 1. The normalized spacial score (nSPS) is 16.6. The lowest BCUT2D eigenvalue weighted by atomic mass is 9.96. The minimum Gasteiger partial charge on any atom is -0.343 e. The van der Waals surface area contributed by atoms with Gasteiger partial charge in [-0.05, 0) is 56.5 Å². The van der Waals surface area contributed by atoms with E-state index in [9.17, 15) is 4.79 Å². The van der Waals surface area contributed by atoms with Gasteiger partial charge in [-0.25, -0.2) is 0 Å². The van der Waals surface area contributed by atoms with E-state index in [1.54, 1.807) is 12.4 Å². The highest BCUT2D eigenvalue weighted by molar-refractivity contribution is 5.76. The van der Waals surface area contributed by atoms with Crippen LogP contribution in [-0.4, -0.2) is 42.5 Å². The van der Waals surface area contributed by atoms with Crippen molar-refractivity contribution in [3.8, 4) is 0 Å². The molecule has 0 spiro atoms. The van der Waals surface area contributed by atoms with Gasteiger partial charge in [0, 0.05) is 31.9 Å². The van der Waals surface area contributed by atoms with E-state index in [-0.39, 0.29) is 0 Å². The summed E-state index contributed by atoms with van der Waals surface area (Å²) in [6.45, 7) is 2.90. The summed E-state index contributed by atoms with van der Waals surface area (Å²) in [5, 5.41) is 3.22. The summed E-state index contributed by atoms with van der Waals surface area (Å²) < 4.78 is 0. The Bertz CT molecular complexity index is 386. The number of nitrogens with one attached hydrogen (secondary N) is 1. The van der Waals surface area contributed by atoms with Gasteiger partial charge in [0.1, 0.15) is 0 Å². The molecule has 0 unspecified atom stereocenters. The van der Waals surface area contributed by atoms with Crippen molar-refractivity contribution in [2.75, 3.05) is 26.7 Å². The van der Waals surface area contributed by atoms with Crippen molar-refractivity contribution in [2.24, 2.45) is 5.92 Å². The Morgan fingerprint density at radius 3 is 2.68 bits per heavy atom. The molecule has 1 N–H and O–H groups in total. The van der Waals surface area contributed by atoms with Crippen molar-refractivity contribution in [2.45, 2.75) is 25.7 Å². The Labute approximate surface area is 115 Å². The topological polar surface area (TPSA) is 45.2 Å². The first-order valence-electron chi connectivity index (χ1n) is 7.11. The molecule has 0 aliphatic carbocycles. The number of hydrogen-bond acceptors (Lipinski definition) is 3. The third kappa shape index (κ3) is 4.31. The van der Waals surface area contributed by atoms with Gasteiger partial charge in [-0.1, -0.05) is 0 Å². The second-order valence-corrected chi connectivity index (χ2v) is 5.24. The monoisotopic (exact) mass is 261 g/mol. The van der Waals surface area contributed by atoms with Gasteiger partial charge in [-0.15, -0.1) is 0 Å². The van der Waals surface area contributed by atoms with Crippen LogP contribution in [0.1, 0.15) is 24.8 Å². The maximum atomic E-state index is 12.1. The Morgan fingerprint density at radius 2 is 2.05 bits per heavy atom. The maximum absolute atomic E-state index is 12.1. The van der Waals surface area contributed by atoms with Crippen LogP contribution in [0.5, 0.6) is 0 Å². The summed E-state index contributed by atoms with van der Waals surface area (Å²) in [5.74, 6) is 1.02. The number of hydrogen-bond donors (Lipinski definition) is 1. The number of pyridine rings is 1. The number of rotatable bonds is 5. The highest BCUT2D eigenvalue weighted by Crippen LogP contribution is 2.17. The maximum Gasteiger partial charge on any atom is 0.222 e. The summed E-state index contributed by atoms with van der Waals surface area (Å²) >= 11 is 0. The molecular formula is C15H23N3O. The van der Waals surface area contributed by atoms with Crippen molar-refractivity contribution in [3.05, 3.63) is 30.1 Å².